The van der Waals surface area contributed by atoms with Crippen molar-refractivity contribution in [2.75, 3.05) is 0 Å². The fourth-order valence-electron chi connectivity index (χ4n) is 1.06. The van der Waals surface area contributed by atoms with Crippen molar-refractivity contribution >= 4 is 5.69 Å². The molecule has 0 bridgehead atoms. The van der Waals surface area contributed by atoms with E-state index in [-0.39, 0.29) is 5.56 Å². The van der Waals surface area contributed by atoms with E-state index in [1.165, 1.54) is 13.8 Å². The van der Waals surface area contributed by atoms with E-state index in [1.54, 1.807) is 0 Å². The Morgan fingerprint density at radius 2 is 1.93 bits per heavy atom. The van der Waals surface area contributed by atoms with E-state index in [1.807, 2.05) is 0 Å². The number of nitro benzene ring substituents is 1. The molecule has 82 valence electrons. The molecule has 0 fully saturated rings. The van der Waals surface area contributed by atoms with Crippen LogP contribution in [-0.2, 0) is 5.60 Å². The van der Waals surface area contributed by atoms with Crippen molar-refractivity contribution in [2.45, 2.75) is 19.4 Å². The van der Waals surface area contributed by atoms with Gasteiger partial charge < -0.3 is 5.11 Å². The van der Waals surface area contributed by atoms with E-state index in [0.717, 1.165) is 12.1 Å². The van der Waals surface area contributed by atoms with Crippen LogP contribution in [0.2, 0.25) is 0 Å². The van der Waals surface area contributed by atoms with Gasteiger partial charge in [0, 0.05) is 6.07 Å². The Morgan fingerprint density at radius 1 is 1.40 bits per heavy atom. The quantitative estimate of drug-likeness (QED) is 0.609. The van der Waals surface area contributed by atoms with Crippen molar-refractivity contribution in [2.24, 2.45) is 0 Å². The molecule has 0 aliphatic heterocycles. The van der Waals surface area contributed by atoms with Crippen LogP contribution in [0, 0.1) is 21.7 Å². The zero-order valence-corrected chi connectivity index (χ0v) is 8.12. The molecule has 0 atom stereocenters. The molecule has 6 heteroatoms. The lowest BCUT2D eigenvalue weighted by Crippen LogP contribution is -2.16. The van der Waals surface area contributed by atoms with Gasteiger partial charge in [0.05, 0.1) is 10.5 Å². The van der Waals surface area contributed by atoms with Crippen LogP contribution in [0.5, 0.6) is 0 Å². The number of benzene rings is 1. The fraction of sp³-hybridized carbons (Fsp3) is 0.333. The Labute approximate surface area is 84.3 Å². The summed E-state index contributed by atoms with van der Waals surface area (Å²) < 4.78 is 25.9. The molecule has 1 aromatic rings. The Hall–Kier alpha value is -1.56. The van der Waals surface area contributed by atoms with Gasteiger partial charge in [0.15, 0.2) is 5.82 Å². The highest BCUT2D eigenvalue weighted by molar-refractivity contribution is 5.39. The minimum atomic E-state index is -1.52. The summed E-state index contributed by atoms with van der Waals surface area (Å²) in [6.45, 7) is 2.65. The molecule has 0 saturated heterocycles. The van der Waals surface area contributed by atoms with E-state index < -0.39 is 27.8 Å². The molecule has 1 N–H and O–H groups in total. The topological polar surface area (TPSA) is 63.4 Å². The Balaban J connectivity index is 3.43. The van der Waals surface area contributed by atoms with Crippen LogP contribution in [0.25, 0.3) is 0 Å². The first-order chi connectivity index (χ1) is 6.73. The van der Waals surface area contributed by atoms with Gasteiger partial charge in [0.25, 0.3) is 0 Å². The maximum atomic E-state index is 12.9. The predicted octanol–water partition coefficient (Wildman–Crippen LogP) is 2.10. The summed E-state index contributed by atoms with van der Waals surface area (Å²) in [6, 6.07) is 1.56. The molecule has 0 aliphatic carbocycles. The van der Waals surface area contributed by atoms with Crippen molar-refractivity contribution in [1.82, 2.24) is 0 Å². The predicted molar refractivity (Wildman–Crippen MR) is 48.3 cm³/mol. The standard InChI is InChI=1S/C9H9F2NO3/c1-9(2,13)5-3-6(10)8(11)7(4-5)12(14)15/h3-4,13H,1-2H3. The lowest BCUT2D eigenvalue weighted by molar-refractivity contribution is -0.387. The lowest BCUT2D eigenvalue weighted by Gasteiger charge is -2.17. The summed E-state index contributed by atoms with van der Waals surface area (Å²) >= 11 is 0. The van der Waals surface area contributed by atoms with Crippen LogP contribution in [0.1, 0.15) is 19.4 Å². The monoisotopic (exact) mass is 217 g/mol. The maximum absolute atomic E-state index is 12.9. The molecule has 0 spiro atoms. The van der Waals surface area contributed by atoms with Crippen LogP contribution in [0.4, 0.5) is 14.5 Å². The molecule has 0 aromatic heterocycles. The largest absolute Gasteiger partial charge is 0.386 e. The lowest BCUT2D eigenvalue weighted by atomic mass is 9.97. The van der Waals surface area contributed by atoms with E-state index in [9.17, 15) is 24.0 Å². The van der Waals surface area contributed by atoms with Gasteiger partial charge >= 0.3 is 5.69 Å². The Bertz CT molecular complexity index is 413. The molecule has 0 radical (unpaired) electrons. The van der Waals surface area contributed by atoms with Crippen molar-refractivity contribution in [3.05, 3.63) is 39.4 Å². The van der Waals surface area contributed by atoms with Gasteiger partial charge in [-0.05, 0) is 25.5 Å². The van der Waals surface area contributed by atoms with Gasteiger partial charge in [-0.3, -0.25) is 10.1 Å². The number of hydrogen-bond donors (Lipinski definition) is 1. The molecule has 0 unspecified atom stereocenters. The van der Waals surface area contributed by atoms with Crippen LogP contribution in [-0.4, -0.2) is 10.0 Å². The molecular formula is C9H9F2NO3. The minimum Gasteiger partial charge on any atom is -0.386 e. The number of rotatable bonds is 2. The van der Waals surface area contributed by atoms with E-state index in [2.05, 4.69) is 0 Å². The van der Waals surface area contributed by atoms with Gasteiger partial charge in [-0.15, -0.1) is 0 Å². The first-order valence-corrected chi connectivity index (χ1v) is 4.10. The molecule has 0 heterocycles. The van der Waals surface area contributed by atoms with Gasteiger partial charge in [-0.25, -0.2) is 4.39 Å². The molecule has 4 nitrogen and oxygen atoms in total. The molecular weight excluding hydrogens is 208 g/mol. The van der Waals surface area contributed by atoms with E-state index in [4.69, 9.17) is 0 Å². The molecule has 1 rings (SSSR count). The number of aliphatic hydroxyl groups is 1. The van der Waals surface area contributed by atoms with E-state index >= 15 is 0 Å². The second kappa shape index (κ2) is 3.54. The normalized spacial score (nSPS) is 11.5. The number of halogens is 2. The van der Waals surface area contributed by atoms with Crippen LogP contribution < -0.4 is 0 Å². The summed E-state index contributed by atoms with van der Waals surface area (Å²) in [5.74, 6) is -2.87. The third-order valence-corrected chi connectivity index (χ3v) is 1.91. The SMILES string of the molecule is CC(C)(O)c1cc(F)c(F)c([N+](=O)[O-])c1. The van der Waals surface area contributed by atoms with Gasteiger partial charge in [-0.1, -0.05) is 0 Å². The molecule has 0 aliphatic rings. The van der Waals surface area contributed by atoms with Crippen LogP contribution in [0.3, 0.4) is 0 Å². The highest BCUT2D eigenvalue weighted by atomic mass is 19.2. The first-order valence-electron chi connectivity index (χ1n) is 4.10. The van der Waals surface area contributed by atoms with Crippen molar-refractivity contribution in [3.8, 4) is 0 Å². The van der Waals surface area contributed by atoms with Gasteiger partial charge in [-0.2, -0.15) is 4.39 Å². The van der Waals surface area contributed by atoms with Gasteiger partial charge in [0.2, 0.25) is 5.82 Å². The Morgan fingerprint density at radius 3 is 2.33 bits per heavy atom. The number of nitrogens with zero attached hydrogens (tertiary/aromatic N) is 1. The summed E-state index contributed by atoms with van der Waals surface area (Å²) in [7, 11) is 0. The van der Waals surface area contributed by atoms with E-state index in [0.29, 0.717) is 0 Å². The molecule has 1 aromatic carbocycles. The van der Waals surface area contributed by atoms with Crippen LogP contribution in [0.15, 0.2) is 12.1 Å². The smallest absolute Gasteiger partial charge is 0.308 e. The number of hydrogen-bond acceptors (Lipinski definition) is 3. The molecule has 15 heavy (non-hydrogen) atoms. The van der Waals surface area contributed by atoms with Crippen LogP contribution >= 0.6 is 0 Å². The van der Waals surface area contributed by atoms with Gasteiger partial charge in [0.1, 0.15) is 0 Å². The zero-order chi connectivity index (χ0) is 11.8. The fourth-order valence-corrected chi connectivity index (χ4v) is 1.06. The average molecular weight is 217 g/mol. The second-order valence-corrected chi connectivity index (χ2v) is 3.61. The minimum absolute atomic E-state index is 0.0481. The van der Waals surface area contributed by atoms with Crippen molar-refractivity contribution in [3.63, 3.8) is 0 Å². The average Bonchev–Trinajstić information content (AvgIpc) is 2.06. The summed E-state index contributed by atoms with van der Waals surface area (Å²) in [5, 5.41) is 19.9. The summed E-state index contributed by atoms with van der Waals surface area (Å²) in [4.78, 5) is 9.34. The summed E-state index contributed by atoms with van der Waals surface area (Å²) in [6.07, 6.45) is 0. The first kappa shape index (κ1) is 11.5. The zero-order valence-electron chi connectivity index (χ0n) is 8.12. The third-order valence-electron chi connectivity index (χ3n) is 1.91. The maximum Gasteiger partial charge on any atom is 0.308 e. The summed E-state index contributed by atoms with van der Waals surface area (Å²) in [5.41, 5.74) is -2.49. The Kier molecular flexibility index (Phi) is 2.72. The van der Waals surface area contributed by atoms with Crippen molar-refractivity contribution < 1.29 is 18.8 Å². The van der Waals surface area contributed by atoms with Crippen molar-refractivity contribution in [1.29, 1.82) is 0 Å². The second-order valence-electron chi connectivity index (χ2n) is 3.61. The third kappa shape index (κ3) is 2.27. The number of nitro groups is 1. The molecule has 0 amide bonds. The molecule has 0 saturated carbocycles. The highest BCUT2D eigenvalue weighted by Gasteiger charge is 2.25. The highest BCUT2D eigenvalue weighted by Crippen LogP contribution is 2.28.